The number of hydrogen-bond acceptors (Lipinski definition) is 7. The van der Waals surface area contributed by atoms with Gasteiger partial charge in [-0.3, -0.25) is 4.79 Å². The van der Waals surface area contributed by atoms with Crippen LogP contribution >= 0.6 is 11.6 Å². The van der Waals surface area contributed by atoms with E-state index in [2.05, 4.69) is 10.6 Å². The maximum atomic E-state index is 14.2. The molecule has 2 aromatic rings. The number of fused-ring (bicyclic) bond motifs is 1. The zero-order valence-corrected chi connectivity index (χ0v) is 28.5. The number of likely N-dealkylation sites (N-methyl/N-ethyl adjacent to an activating group) is 1. The van der Waals surface area contributed by atoms with Gasteiger partial charge < -0.3 is 30.1 Å². The molecule has 3 rings (SSSR count). The highest BCUT2D eigenvalue weighted by molar-refractivity contribution is 7.89. The number of benzene rings is 2. The smallest absolute Gasteiger partial charge is 0.319 e. The van der Waals surface area contributed by atoms with E-state index in [9.17, 15) is 23.1 Å². The Labute approximate surface area is 272 Å². The van der Waals surface area contributed by atoms with Crippen LogP contribution in [-0.4, -0.2) is 92.3 Å². The van der Waals surface area contributed by atoms with Crippen molar-refractivity contribution in [2.45, 2.75) is 83.1 Å². The maximum absolute atomic E-state index is 14.2. The van der Waals surface area contributed by atoms with E-state index >= 15 is 0 Å². The van der Waals surface area contributed by atoms with Crippen molar-refractivity contribution >= 4 is 39.2 Å². The number of anilines is 1. The lowest BCUT2D eigenvalue weighted by Crippen LogP contribution is -2.48. The van der Waals surface area contributed by atoms with Gasteiger partial charge in [-0.25, -0.2) is 13.2 Å². The molecule has 0 saturated carbocycles. The molecule has 0 fully saturated rings. The molecule has 1 aliphatic heterocycles. The predicted molar refractivity (Wildman–Crippen MR) is 175 cm³/mol. The summed E-state index contributed by atoms with van der Waals surface area (Å²) < 4.78 is 40.5. The Morgan fingerprint density at radius 2 is 1.82 bits per heavy atom. The fraction of sp³-hybridized carbons (Fsp3) is 0.562. The van der Waals surface area contributed by atoms with E-state index in [1.54, 1.807) is 30.0 Å². The van der Waals surface area contributed by atoms with Crippen molar-refractivity contribution in [2.24, 2.45) is 5.92 Å². The van der Waals surface area contributed by atoms with Gasteiger partial charge in [-0.05, 0) is 89.4 Å². The van der Waals surface area contributed by atoms with Crippen LogP contribution in [0, 0.1) is 5.92 Å². The molecule has 1 heterocycles. The Hall–Kier alpha value is -2.90. The average molecular weight is 667 g/mol. The molecule has 0 aliphatic carbocycles. The van der Waals surface area contributed by atoms with Crippen molar-refractivity contribution in [1.82, 2.24) is 14.5 Å². The van der Waals surface area contributed by atoms with Gasteiger partial charge in [0.05, 0.1) is 35.3 Å². The summed E-state index contributed by atoms with van der Waals surface area (Å²) in [6.45, 7) is 9.59. The molecular weight excluding hydrogens is 620 g/mol. The molecule has 11 nitrogen and oxygen atoms in total. The van der Waals surface area contributed by atoms with Gasteiger partial charge in [0.1, 0.15) is 5.75 Å². The summed E-state index contributed by atoms with van der Waals surface area (Å²) in [5.41, 5.74) is 0.658. The van der Waals surface area contributed by atoms with Crippen molar-refractivity contribution < 1.29 is 32.6 Å². The molecule has 1 aliphatic rings. The van der Waals surface area contributed by atoms with Gasteiger partial charge in [0, 0.05) is 49.4 Å². The molecule has 3 amide bonds. The second-order valence-corrected chi connectivity index (χ2v) is 14.5. The van der Waals surface area contributed by atoms with Crippen LogP contribution in [0.15, 0.2) is 47.4 Å². The first-order valence-corrected chi connectivity index (χ1v) is 17.2. The molecule has 13 heteroatoms. The van der Waals surface area contributed by atoms with Gasteiger partial charge in [0.25, 0.3) is 5.91 Å². The molecule has 0 bridgehead atoms. The number of carbonyl (C=O) groups excluding carboxylic acids is 2. The van der Waals surface area contributed by atoms with Gasteiger partial charge in [-0.2, -0.15) is 4.31 Å². The lowest BCUT2D eigenvalue weighted by Gasteiger charge is -2.35. The van der Waals surface area contributed by atoms with Crippen molar-refractivity contribution in [3.63, 3.8) is 0 Å². The van der Waals surface area contributed by atoms with Crippen molar-refractivity contribution in [2.75, 3.05) is 38.7 Å². The molecule has 0 unspecified atom stereocenters. The predicted octanol–water partition coefficient (Wildman–Crippen LogP) is 4.99. The summed E-state index contributed by atoms with van der Waals surface area (Å²) in [5.74, 6) is -0.338. The van der Waals surface area contributed by atoms with Gasteiger partial charge in [0.15, 0.2) is 0 Å². The van der Waals surface area contributed by atoms with Crippen LogP contribution < -0.4 is 15.4 Å². The normalized spacial score (nSPS) is 21.1. The number of rotatable bonds is 8. The van der Waals surface area contributed by atoms with E-state index < -0.39 is 34.1 Å². The molecule has 250 valence electrons. The van der Waals surface area contributed by atoms with Gasteiger partial charge in [0.2, 0.25) is 10.0 Å². The third kappa shape index (κ3) is 10.3. The fourth-order valence-electron chi connectivity index (χ4n) is 5.03. The highest BCUT2D eigenvalue weighted by Gasteiger charge is 2.32. The minimum atomic E-state index is -3.84. The second kappa shape index (κ2) is 16.6. The minimum absolute atomic E-state index is 0.0524. The van der Waals surface area contributed by atoms with Crippen molar-refractivity contribution in [3.8, 4) is 5.75 Å². The number of amides is 3. The Balaban J connectivity index is 1.96. The second-order valence-electron chi connectivity index (χ2n) is 12.0. The van der Waals surface area contributed by atoms with Gasteiger partial charge in [-0.1, -0.05) is 18.5 Å². The first kappa shape index (κ1) is 36.6. The summed E-state index contributed by atoms with van der Waals surface area (Å²) in [6.07, 6.45) is 1.47. The lowest BCUT2D eigenvalue weighted by molar-refractivity contribution is -0.00833. The molecule has 0 aromatic heterocycles. The number of aliphatic hydroxyl groups excluding tert-OH is 1. The molecule has 3 N–H and O–H groups in total. The number of halogens is 1. The van der Waals surface area contributed by atoms with E-state index in [0.717, 1.165) is 12.8 Å². The molecule has 0 saturated heterocycles. The van der Waals surface area contributed by atoms with E-state index in [4.69, 9.17) is 21.1 Å². The summed E-state index contributed by atoms with van der Waals surface area (Å²) in [4.78, 5) is 28.3. The standard InChI is InChI=1S/C32H47ClN4O7S/c1-21(2)34-32(40)35-26-12-15-29-28(17-26)31(39)37(23(4)20-38)18-22(3)30(43-16-8-7-9-24(5)44-29)19-36(6)45(41,42)27-13-10-25(33)11-14-27/h10-15,17,21-24,30,38H,7-9,16,18-20H2,1-6H3,(H2,34,35,40)/t22-,23-,24-,30+/m1/s1. The number of nitrogens with zero attached hydrogens (tertiary/aromatic N) is 2. The van der Waals surface area contributed by atoms with Crippen LogP contribution in [0.25, 0.3) is 0 Å². The SMILES string of the molecule is CC(C)NC(=O)Nc1ccc2c(c1)C(=O)N([C@H](C)CO)C[C@@H](C)[C@H](CN(C)S(=O)(=O)c1ccc(Cl)cc1)OCCCC[C@@H](C)O2. The molecule has 0 radical (unpaired) electrons. The Bertz CT molecular complexity index is 1390. The minimum Gasteiger partial charge on any atom is -0.490 e. The third-order valence-corrected chi connectivity index (χ3v) is 9.78. The molecular formula is C32H47ClN4O7S. The van der Waals surface area contributed by atoms with Crippen molar-refractivity contribution in [3.05, 3.63) is 53.1 Å². The number of ether oxygens (including phenoxy) is 2. The van der Waals surface area contributed by atoms with E-state index in [0.29, 0.717) is 29.5 Å². The molecule has 0 spiro atoms. The summed E-state index contributed by atoms with van der Waals surface area (Å²) in [7, 11) is -2.33. The Morgan fingerprint density at radius 1 is 1.13 bits per heavy atom. The molecule has 45 heavy (non-hydrogen) atoms. The monoisotopic (exact) mass is 666 g/mol. The number of hydrogen-bond donors (Lipinski definition) is 3. The third-order valence-electron chi connectivity index (χ3n) is 7.69. The van der Waals surface area contributed by atoms with Crippen molar-refractivity contribution in [1.29, 1.82) is 0 Å². The van der Waals surface area contributed by atoms with Crippen LogP contribution in [0.1, 0.15) is 64.2 Å². The highest BCUT2D eigenvalue weighted by atomic mass is 35.5. The van der Waals surface area contributed by atoms with E-state index in [1.807, 2.05) is 27.7 Å². The Kier molecular flexibility index (Phi) is 13.5. The Morgan fingerprint density at radius 3 is 2.47 bits per heavy atom. The van der Waals surface area contributed by atoms with Gasteiger partial charge in [-0.15, -0.1) is 0 Å². The average Bonchev–Trinajstić information content (AvgIpc) is 2.98. The number of carbonyl (C=O) groups is 2. The van der Waals surface area contributed by atoms with Crippen LogP contribution in [0.5, 0.6) is 5.75 Å². The fourth-order valence-corrected chi connectivity index (χ4v) is 6.34. The topological polar surface area (TPSA) is 138 Å². The maximum Gasteiger partial charge on any atom is 0.319 e. The zero-order valence-electron chi connectivity index (χ0n) is 27.0. The first-order chi connectivity index (χ1) is 21.2. The summed E-state index contributed by atoms with van der Waals surface area (Å²) in [6, 6.07) is 9.88. The van der Waals surface area contributed by atoms with Gasteiger partial charge >= 0.3 is 6.03 Å². The van der Waals surface area contributed by atoms with Crippen LogP contribution in [0.3, 0.4) is 0 Å². The van der Waals surface area contributed by atoms with E-state index in [1.165, 1.54) is 35.6 Å². The number of aliphatic hydroxyl groups is 1. The zero-order chi connectivity index (χ0) is 33.3. The lowest BCUT2D eigenvalue weighted by atomic mass is 10.0. The largest absolute Gasteiger partial charge is 0.490 e. The highest BCUT2D eigenvalue weighted by Crippen LogP contribution is 2.29. The first-order valence-electron chi connectivity index (χ1n) is 15.4. The number of nitrogens with one attached hydrogen (secondary N) is 2. The van der Waals surface area contributed by atoms with Crippen LogP contribution in [-0.2, 0) is 14.8 Å². The van der Waals surface area contributed by atoms with Crippen LogP contribution in [0.4, 0.5) is 10.5 Å². The number of sulfonamides is 1. The number of urea groups is 1. The molecule has 2 aromatic carbocycles. The van der Waals surface area contributed by atoms with Crippen LogP contribution in [0.2, 0.25) is 5.02 Å². The van der Waals surface area contributed by atoms with E-state index in [-0.39, 0.29) is 48.2 Å². The quantitative estimate of drug-likeness (QED) is 0.361. The molecule has 4 atom stereocenters. The summed E-state index contributed by atoms with van der Waals surface area (Å²) >= 11 is 5.97. The summed E-state index contributed by atoms with van der Waals surface area (Å²) in [5, 5.41) is 16.1.